The molecule has 0 bridgehead atoms. The van der Waals surface area contributed by atoms with Crippen LogP contribution >= 0.6 is 0 Å². The molecule has 0 saturated carbocycles. The summed E-state index contributed by atoms with van der Waals surface area (Å²) in [6.45, 7) is 0.511. The largest absolute Gasteiger partial charge is 0.369 e. The Hall–Kier alpha value is -0.750. The molecule has 4 atom stereocenters. The van der Waals surface area contributed by atoms with Crippen LogP contribution in [0.2, 0.25) is 0 Å². The van der Waals surface area contributed by atoms with Gasteiger partial charge in [-0.2, -0.15) is 0 Å². The van der Waals surface area contributed by atoms with Gasteiger partial charge in [-0.3, -0.25) is 15.0 Å². The zero-order valence-corrected chi connectivity index (χ0v) is 7.62. The molecule has 2 aliphatic heterocycles. The van der Waals surface area contributed by atoms with Crippen molar-refractivity contribution in [2.75, 3.05) is 13.1 Å². The number of fused-ring (bicyclic) bond motifs is 1. The third-order valence-corrected chi connectivity index (χ3v) is 2.92. The number of piperazine rings is 1. The van der Waals surface area contributed by atoms with Crippen molar-refractivity contribution < 1.29 is 13.6 Å². The number of amides is 1. The van der Waals surface area contributed by atoms with Crippen molar-refractivity contribution in [3.63, 3.8) is 0 Å². The van der Waals surface area contributed by atoms with E-state index in [-0.39, 0.29) is 12.5 Å². The Balaban J connectivity index is 2.05. The molecule has 0 aromatic heterocycles. The van der Waals surface area contributed by atoms with E-state index in [1.54, 1.807) is 4.90 Å². The van der Waals surface area contributed by atoms with E-state index < -0.39 is 24.5 Å². The molecule has 1 amide bonds. The predicted molar refractivity (Wildman–Crippen MR) is 45.6 cm³/mol. The van der Waals surface area contributed by atoms with Crippen LogP contribution in [0.5, 0.6) is 0 Å². The lowest BCUT2D eigenvalue weighted by Crippen LogP contribution is -2.56. The standard InChI is InChI=1S/C8H13F2N3O/c9-6-3-13-2-4(8(11)14)1-5(13)7(10)12-6/h4-7,12H,1-3H2,(H2,11,14). The summed E-state index contributed by atoms with van der Waals surface area (Å²) in [5.74, 6) is -0.771. The Kier molecular flexibility index (Phi) is 2.40. The molecule has 0 aromatic carbocycles. The quantitative estimate of drug-likeness (QED) is 0.560. The molecule has 2 rings (SSSR count). The number of halogens is 2. The van der Waals surface area contributed by atoms with E-state index in [4.69, 9.17) is 5.73 Å². The molecule has 0 radical (unpaired) electrons. The molecular weight excluding hydrogens is 192 g/mol. The molecule has 2 aliphatic rings. The minimum atomic E-state index is -1.40. The van der Waals surface area contributed by atoms with Gasteiger partial charge in [-0.25, -0.2) is 8.78 Å². The van der Waals surface area contributed by atoms with Gasteiger partial charge < -0.3 is 5.73 Å². The molecule has 4 unspecified atom stereocenters. The van der Waals surface area contributed by atoms with Crippen LogP contribution in [-0.4, -0.2) is 42.5 Å². The molecule has 3 N–H and O–H groups in total. The maximum absolute atomic E-state index is 13.3. The number of carbonyl (C=O) groups excluding carboxylic acids is 1. The molecule has 2 saturated heterocycles. The van der Waals surface area contributed by atoms with Crippen molar-refractivity contribution in [1.82, 2.24) is 10.2 Å². The number of nitrogens with two attached hydrogens (primary N) is 1. The van der Waals surface area contributed by atoms with Gasteiger partial charge >= 0.3 is 0 Å². The number of rotatable bonds is 1. The van der Waals surface area contributed by atoms with Crippen LogP contribution in [-0.2, 0) is 4.79 Å². The van der Waals surface area contributed by atoms with Gasteiger partial charge in [0.05, 0.1) is 12.0 Å². The zero-order chi connectivity index (χ0) is 10.3. The average molecular weight is 205 g/mol. The summed E-state index contributed by atoms with van der Waals surface area (Å²) in [5.41, 5.74) is 5.13. The number of nitrogens with zero attached hydrogens (tertiary/aromatic N) is 1. The molecule has 4 nitrogen and oxygen atoms in total. The third kappa shape index (κ3) is 1.59. The SMILES string of the molecule is NC(=O)C1CC2C(F)NC(F)CN2C1. The lowest BCUT2D eigenvalue weighted by Gasteiger charge is -2.34. The minimum Gasteiger partial charge on any atom is -0.369 e. The number of hydrogen-bond donors (Lipinski definition) is 2. The molecular formula is C8H13F2N3O. The van der Waals surface area contributed by atoms with Gasteiger partial charge in [0.15, 0.2) is 12.6 Å². The van der Waals surface area contributed by atoms with Crippen molar-refractivity contribution in [1.29, 1.82) is 0 Å². The van der Waals surface area contributed by atoms with E-state index in [2.05, 4.69) is 5.32 Å². The van der Waals surface area contributed by atoms with Crippen LogP contribution in [0.4, 0.5) is 8.78 Å². The van der Waals surface area contributed by atoms with Gasteiger partial charge in [0, 0.05) is 13.1 Å². The minimum absolute atomic E-state index is 0.134. The predicted octanol–water partition coefficient (Wildman–Crippen LogP) is -0.643. The summed E-state index contributed by atoms with van der Waals surface area (Å²) in [7, 11) is 0. The molecule has 14 heavy (non-hydrogen) atoms. The van der Waals surface area contributed by atoms with Crippen molar-refractivity contribution in [2.45, 2.75) is 25.1 Å². The Morgan fingerprint density at radius 2 is 2.14 bits per heavy atom. The fourth-order valence-corrected chi connectivity index (χ4v) is 2.20. The number of alkyl halides is 2. The van der Waals surface area contributed by atoms with Crippen LogP contribution in [0, 0.1) is 5.92 Å². The third-order valence-electron chi connectivity index (χ3n) is 2.92. The summed E-state index contributed by atoms with van der Waals surface area (Å²) >= 11 is 0. The van der Waals surface area contributed by atoms with E-state index in [0.717, 1.165) is 0 Å². The van der Waals surface area contributed by atoms with E-state index >= 15 is 0 Å². The van der Waals surface area contributed by atoms with Gasteiger partial charge in [0.2, 0.25) is 5.91 Å². The first kappa shape index (κ1) is 9.79. The second-order valence-electron chi connectivity index (χ2n) is 3.89. The summed E-state index contributed by atoms with van der Waals surface area (Å²) in [6.07, 6.45) is -2.37. The molecule has 80 valence electrons. The van der Waals surface area contributed by atoms with E-state index in [1.807, 2.05) is 0 Å². The van der Waals surface area contributed by atoms with Crippen LogP contribution in [0.25, 0.3) is 0 Å². The van der Waals surface area contributed by atoms with Gasteiger partial charge in [-0.15, -0.1) is 0 Å². The maximum atomic E-state index is 13.3. The number of hydrogen-bond acceptors (Lipinski definition) is 3. The van der Waals surface area contributed by atoms with Crippen molar-refractivity contribution >= 4 is 5.91 Å². The Morgan fingerprint density at radius 1 is 1.43 bits per heavy atom. The van der Waals surface area contributed by atoms with Crippen LogP contribution in [0.1, 0.15) is 6.42 Å². The van der Waals surface area contributed by atoms with Crippen molar-refractivity contribution in [3.8, 4) is 0 Å². The van der Waals surface area contributed by atoms with Crippen LogP contribution < -0.4 is 11.1 Å². The zero-order valence-electron chi connectivity index (χ0n) is 7.62. The highest BCUT2D eigenvalue weighted by Crippen LogP contribution is 2.29. The van der Waals surface area contributed by atoms with Crippen LogP contribution in [0.15, 0.2) is 0 Å². The summed E-state index contributed by atoms with van der Waals surface area (Å²) < 4.78 is 26.2. The molecule has 0 spiro atoms. The smallest absolute Gasteiger partial charge is 0.221 e. The average Bonchev–Trinajstić information content (AvgIpc) is 2.47. The van der Waals surface area contributed by atoms with Gasteiger partial charge in [0.1, 0.15) is 0 Å². The summed E-state index contributed by atoms with van der Waals surface area (Å²) in [6, 6.07) is -0.403. The highest BCUT2D eigenvalue weighted by Gasteiger charge is 2.44. The number of carbonyl (C=O) groups is 1. The number of primary amides is 1. The molecule has 2 heterocycles. The van der Waals surface area contributed by atoms with Crippen LogP contribution in [0.3, 0.4) is 0 Å². The number of nitrogens with one attached hydrogen (secondary N) is 1. The first-order valence-corrected chi connectivity index (χ1v) is 4.65. The van der Waals surface area contributed by atoms with Gasteiger partial charge in [0.25, 0.3) is 0 Å². The first-order valence-electron chi connectivity index (χ1n) is 4.65. The molecule has 6 heteroatoms. The lowest BCUT2D eigenvalue weighted by atomic mass is 10.0. The topological polar surface area (TPSA) is 58.4 Å². The summed E-state index contributed by atoms with van der Waals surface area (Å²) in [5, 5.41) is 2.18. The second-order valence-corrected chi connectivity index (χ2v) is 3.89. The fraction of sp³-hybridized carbons (Fsp3) is 0.875. The highest BCUT2D eigenvalue weighted by molar-refractivity contribution is 5.77. The lowest BCUT2D eigenvalue weighted by molar-refractivity contribution is -0.121. The Morgan fingerprint density at radius 3 is 2.79 bits per heavy atom. The maximum Gasteiger partial charge on any atom is 0.221 e. The molecule has 0 aliphatic carbocycles. The summed E-state index contributed by atoms with van der Waals surface area (Å²) in [4.78, 5) is 12.5. The fourth-order valence-electron chi connectivity index (χ4n) is 2.20. The Bertz CT molecular complexity index is 251. The molecule has 0 aromatic rings. The first-order chi connectivity index (χ1) is 6.58. The van der Waals surface area contributed by atoms with Crippen molar-refractivity contribution in [3.05, 3.63) is 0 Å². The van der Waals surface area contributed by atoms with E-state index in [0.29, 0.717) is 13.0 Å². The van der Waals surface area contributed by atoms with E-state index in [1.165, 1.54) is 0 Å². The van der Waals surface area contributed by atoms with Crippen molar-refractivity contribution in [2.24, 2.45) is 11.7 Å². The molecule has 2 fully saturated rings. The Labute approximate surface area is 80.4 Å². The highest BCUT2D eigenvalue weighted by atomic mass is 19.2. The second kappa shape index (κ2) is 3.43. The van der Waals surface area contributed by atoms with Gasteiger partial charge in [-0.1, -0.05) is 0 Å². The normalized spacial score (nSPS) is 43.6. The monoisotopic (exact) mass is 205 g/mol. The van der Waals surface area contributed by atoms with E-state index in [9.17, 15) is 13.6 Å². The van der Waals surface area contributed by atoms with Gasteiger partial charge in [-0.05, 0) is 6.42 Å².